The fourth-order valence-electron chi connectivity index (χ4n) is 3.02. The van der Waals surface area contributed by atoms with Crippen molar-refractivity contribution in [2.24, 2.45) is 5.73 Å². The highest BCUT2D eigenvalue weighted by Gasteiger charge is 2.29. The standard InChI is InChI=1S/C14H24N6.2ClH/c1-19-3-2-4-20(6-5-19)13-9-12(17-14(16)18-13)10-7-11(15)8-10;;/h9-11H,2-8,15H2,1H3,(H2,16,17,18);2*1H. The van der Waals surface area contributed by atoms with Gasteiger partial charge in [-0.3, -0.25) is 0 Å². The van der Waals surface area contributed by atoms with Crippen LogP contribution >= 0.6 is 24.8 Å². The fraction of sp³-hybridized carbons (Fsp3) is 0.714. The second-order valence-electron chi connectivity index (χ2n) is 6.08. The maximum Gasteiger partial charge on any atom is 0.222 e. The minimum Gasteiger partial charge on any atom is -0.368 e. The van der Waals surface area contributed by atoms with Gasteiger partial charge in [-0.1, -0.05) is 0 Å². The van der Waals surface area contributed by atoms with Gasteiger partial charge in [0, 0.05) is 37.7 Å². The lowest BCUT2D eigenvalue weighted by atomic mass is 9.78. The van der Waals surface area contributed by atoms with Crippen molar-refractivity contribution >= 4 is 36.6 Å². The zero-order valence-electron chi connectivity index (χ0n) is 12.9. The average molecular weight is 349 g/mol. The van der Waals surface area contributed by atoms with E-state index in [1.807, 2.05) is 0 Å². The van der Waals surface area contributed by atoms with E-state index in [0.717, 1.165) is 57.0 Å². The smallest absolute Gasteiger partial charge is 0.222 e. The maximum atomic E-state index is 5.89. The number of nitrogens with zero attached hydrogens (tertiary/aromatic N) is 4. The van der Waals surface area contributed by atoms with Crippen LogP contribution in [0.3, 0.4) is 0 Å². The van der Waals surface area contributed by atoms with Gasteiger partial charge in [0.1, 0.15) is 5.82 Å². The van der Waals surface area contributed by atoms with Crippen LogP contribution in [-0.4, -0.2) is 54.1 Å². The zero-order valence-corrected chi connectivity index (χ0v) is 14.6. The first-order valence-electron chi connectivity index (χ1n) is 7.45. The van der Waals surface area contributed by atoms with Gasteiger partial charge >= 0.3 is 0 Å². The van der Waals surface area contributed by atoms with Crippen LogP contribution in [-0.2, 0) is 0 Å². The molecule has 6 nitrogen and oxygen atoms in total. The molecule has 0 amide bonds. The van der Waals surface area contributed by atoms with Crippen LogP contribution in [0.15, 0.2) is 6.07 Å². The molecule has 1 aliphatic carbocycles. The van der Waals surface area contributed by atoms with E-state index in [0.29, 0.717) is 17.9 Å². The van der Waals surface area contributed by atoms with Gasteiger partial charge in [0.05, 0.1) is 5.69 Å². The number of nitrogen functional groups attached to an aromatic ring is 1. The van der Waals surface area contributed by atoms with Crippen LogP contribution in [0, 0.1) is 0 Å². The summed E-state index contributed by atoms with van der Waals surface area (Å²) in [7, 11) is 2.17. The molecule has 4 N–H and O–H groups in total. The lowest BCUT2D eigenvalue weighted by molar-refractivity contribution is 0.345. The van der Waals surface area contributed by atoms with E-state index in [1.54, 1.807) is 0 Å². The van der Waals surface area contributed by atoms with Gasteiger partial charge in [0.15, 0.2) is 0 Å². The summed E-state index contributed by atoms with van der Waals surface area (Å²) < 4.78 is 0. The first-order chi connectivity index (χ1) is 9.61. The minimum atomic E-state index is 0. The Kier molecular flexibility index (Phi) is 7.12. The molecule has 1 aliphatic heterocycles. The first kappa shape index (κ1) is 19.2. The molecule has 0 aromatic carbocycles. The third-order valence-electron chi connectivity index (χ3n) is 4.39. The second-order valence-corrected chi connectivity index (χ2v) is 6.08. The van der Waals surface area contributed by atoms with Gasteiger partial charge in [-0.25, -0.2) is 4.98 Å². The van der Waals surface area contributed by atoms with Crippen molar-refractivity contribution in [2.75, 3.05) is 43.9 Å². The maximum absolute atomic E-state index is 5.89. The molecule has 1 aromatic rings. The highest BCUT2D eigenvalue weighted by Crippen LogP contribution is 2.35. The highest BCUT2D eigenvalue weighted by molar-refractivity contribution is 5.85. The van der Waals surface area contributed by atoms with Crippen molar-refractivity contribution in [1.29, 1.82) is 0 Å². The Morgan fingerprint density at radius 1 is 1.09 bits per heavy atom. The molecule has 2 aliphatic rings. The number of halogens is 2. The van der Waals surface area contributed by atoms with Crippen LogP contribution in [0.2, 0.25) is 0 Å². The number of anilines is 2. The zero-order chi connectivity index (χ0) is 14.1. The lowest BCUT2D eigenvalue weighted by Crippen LogP contribution is -2.35. The minimum absolute atomic E-state index is 0. The summed E-state index contributed by atoms with van der Waals surface area (Å²) >= 11 is 0. The molecule has 2 fully saturated rings. The molecule has 1 saturated heterocycles. The van der Waals surface area contributed by atoms with E-state index in [2.05, 4.69) is 32.9 Å². The van der Waals surface area contributed by atoms with Gasteiger partial charge in [-0.15, -0.1) is 24.8 Å². The third-order valence-corrected chi connectivity index (χ3v) is 4.39. The summed E-state index contributed by atoms with van der Waals surface area (Å²) in [6.45, 7) is 4.23. The molecule has 126 valence electrons. The predicted octanol–water partition coefficient (Wildman–Crippen LogP) is 1.25. The quantitative estimate of drug-likeness (QED) is 0.836. The van der Waals surface area contributed by atoms with E-state index in [-0.39, 0.29) is 24.8 Å². The SMILES string of the molecule is CN1CCCN(c2cc(C3CC(N)C3)nc(N)n2)CC1.Cl.Cl. The lowest BCUT2D eigenvalue weighted by Gasteiger charge is -2.32. The Labute approximate surface area is 144 Å². The molecule has 3 rings (SSSR count). The second kappa shape index (κ2) is 8.15. The Balaban J connectivity index is 0.00000121. The number of rotatable bonds is 2. The van der Waals surface area contributed by atoms with E-state index < -0.39 is 0 Å². The number of hydrogen-bond donors (Lipinski definition) is 2. The summed E-state index contributed by atoms with van der Waals surface area (Å²) in [5, 5.41) is 0. The van der Waals surface area contributed by atoms with Gasteiger partial charge < -0.3 is 21.3 Å². The highest BCUT2D eigenvalue weighted by atomic mass is 35.5. The summed E-state index contributed by atoms with van der Waals surface area (Å²) in [6.07, 6.45) is 3.18. The van der Waals surface area contributed by atoms with Crippen molar-refractivity contribution in [3.05, 3.63) is 11.8 Å². The first-order valence-corrected chi connectivity index (χ1v) is 7.45. The summed E-state index contributed by atoms with van der Waals surface area (Å²) in [6, 6.07) is 2.43. The van der Waals surface area contributed by atoms with Crippen LogP contribution in [0.5, 0.6) is 0 Å². The Morgan fingerprint density at radius 2 is 1.82 bits per heavy atom. The van der Waals surface area contributed by atoms with Crippen LogP contribution < -0.4 is 16.4 Å². The van der Waals surface area contributed by atoms with Crippen molar-refractivity contribution < 1.29 is 0 Å². The molecule has 22 heavy (non-hydrogen) atoms. The van der Waals surface area contributed by atoms with Crippen molar-refractivity contribution in [3.63, 3.8) is 0 Å². The molecular weight excluding hydrogens is 323 g/mol. The Hall–Kier alpha value is -0.820. The topological polar surface area (TPSA) is 84.3 Å². The molecule has 0 spiro atoms. The fourth-order valence-corrected chi connectivity index (χ4v) is 3.02. The van der Waals surface area contributed by atoms with Crippen LogP contribution in [0.25, 0.3) is 0 Å². The average Bonchev–Trinajstić information content (AvgIpc) is 2.59. The summed E-state index contributed by atoms with van der Waals surface area (Å²) in [5.74, 6) is 1.82. The van der Waals surface area contributed by atoms with Gasteiger partial charge in [0.2, 0.25) is 5.95 Å². The van der Waals surface area contributed by atoms with E-state index in [4.69, 9.17) is 11.5 Å². The van der Waals surface area contributed by atoms with Gasteiger partial charge in [-0.2, -0.15) is 4.98 Å². The monoisotopic (exact) mass is 348 g/mol. The normalized spacial score (nSPS) is 25.5. The van der Waals surface area contributed by atoms with E-state index >= 15 is 0 Å². The van der Waals surface area contributed by atoms with E-state index in [9.17, 15) is 0 Å². The van der Waals surface area contributed by atoms with E-state index in [1.165, 1.54) is 0 Å². The largest absolute Gasteiger partial charge is 0.368 e. The molecule has 8 heteroatoms. The summed E-state index contributed by atoms with van der Waals surface area (Å²) in [5.41, 5.74) is 12.8. The third kappa shape index (κ3) is 4.35. The van der Waals surface area contributed by atoms with Crippen LogP contribution in [0.1, 0.15) is 30.9 Å². The Morgan fingerprint density at radius 3 is 2.50 bits per heavy atom. The molecule has 0 bridgehead atoms. The molecule has 0 atom stereocenters. The molecule has 1 saturated carbocycles. The molecule has 1 aromatic heterocycles. The van der Waals surface area contributed by atoms with Crippen molar-refractivity contribution in [3.8, 4) is 0 Å². The Bertz CT molecular complexity index is 480. The van der Waals surface area contributed by atoms with Crippen molar-refractivity contribution in [1.82, 2.24) is 14.9 Å². The molecule has 0 unspecified atom stereocenters. The van der Waals surface area contributed by atoms with Gasteiger partial charge in [0.25, 0.3) is 0 Å². The number of aromatic nitrogens is 2. The van der Waals surface area contributed by atoms with Crippen molar-refractivity contribution in [2.45, 2.75) is 31.2 Å². The van der Waals surface area contributed by atoms with Gasteiger partial charge in [-0.05, 0) is 32.9 Å². The molecule has 0 radical (unpaired) electrons. The predicted molar refractivity (Wildman–Crippen MR) is 95.2 cm³/mol. The van der Waals surface area contributed by atoms with Crippen LogP contribution in [0.4, 0.5) is 11.8 Å². The molecular formula is C14H26Cl2N6. The number of likely N-dealkylation sites (N-methyl/N-ethyl adjacent to an activating group) is 1. The molecule has 2 heterocycles. The number of nitrogens with two attached hydrogens (primary N) is 2. The number of hydrogen-bond acceptors (Lipinski definition) is 6. The summed E-state index contributed by atoms with van der Waals surface area (Å²) in [4.78, 5) is 13.5.